The lowest BCUT2D eigenvalue weighted by Gasteiger charge is -2.27. The van der Waals surface area contributed by atoms with E-state index in [0.717, 1.165) is 32.5 Å². The van der Waals surface area contributed by atoms with Crippen molar-refractivity contribution < 1.29 is 14.4 Å². The number of ether oxygens (including phenoxy) is 1. The number of aliphatic imine (C=N–C) groups is 1. The third kappa shape index (κ3) is 5.50. The zero-order chi connectivity index (χ0) is 16.5. The summed E-state index contributed by atoms with van der Waals surface area (Å²) < 4.78 is 4.86. The molecule has 1 atom stereocenters. The Labute approximate surface area is 137 Å². The Morgan fingerprint density at radius 1 is 1.43 bits per heavy atom. The highest BCUT2D eigenvalue weighted by atomic mass is 16.5. The second-order valence-electron chi connectivity index (χ2n) is 5.80. The predicted octanol–water partition coefficient (Wildman–Crippen LogP) is 1.01. The zero-order valence-corrected chi connectivity index (χ0v) is 13.6. The minimum atomic E-state index is -0.885. The Balaban J connectivity index is 1.79. The molecule has 5 nitrogen and oxygen atoms in total. The van der Waals surface area contributed by atoms with Crippen LogP contribution in [0.25, 0.3) is 0 Å². The number of hydrogen-bond donors (Lipinski definition) is 1. The van der Waals surface area contributed by atoms with Crippen LogP contribution in [-0.2, 0) is 16.1 Å². The summed E-state index contributed by atoms with van der Waals surface area (Å²) in [6.07, 6.45) is 3.43. The third-order valence-electron chi connectivity index (χ3n) is 4.08. The molecule has 0 bridgehead atoms. The molecular weight excluding hydrogens is 290 g/mol. The van der Waals surface area contributed by atoms with E-state index in [1.54, 1.807) is 11.8 Å². The molecule has 0 spiro atoms. The van der Waals surface area contributed by atoms with Crippen LogP contribution in [0.15, 0.2) is 35.3 Å². The molecule has 5 heteroatoms. The van der Waals surface area contributed by atoms with E-state index < -0.39 is 11.9 Å². The van der Waals surface area contributed by atoms with Crippen molar-refractivity contribution in [1.82, 2.24) is 0 Å². The monoisotopic (exact) mass is 314 g/mol. The van der Waals surface area contributed by atoms with Crippen molar-refractivity contribution in [3.05, 3.63) is 35.9 Å². The average Bonchev–Trinajstić information content (AvgIpc) is 2.58. The first-order chi connectivity index (χ1) is 11.2. The second-order valence-corrected chi connectivity index (χ2v) is 5.80. The standard InChI is InChI=1S/C18H23N3O2/c1-2-23-18(22)16(12-19)13-20-17-8-10-21(11-9-17)14-15-6-4-3-5-7-15/h3-7,13,16-17H,2,8-11,14H2,1H3/p+1/t16-/m0/s1. The number of carbonyl (C=O) groups is 1. The summed E-state index contributed by atoms with van der Waals surface area (Å²) in [5.41, 5.74) is 1.36. The number of nitrogens with one attached hydrogen (secondary N) is 1. The van der Waals surface area contributed by atoms with Gasteiger partial charge < -0.3 is 9.64 Å². The Hall–Kier alpha value is -2.19. The number of benzene rings is 1. The van der Waals surface area contributed by atoms with Crippen LogP contribution in [0, 0.1) is 17.2 Å². The van der Waals surface area contributed by atoms with E-state index in [-0.39, 0.29) is 12.6 Å². The topological polar surface area (TPSA) is 66.9 Å². The van der Waals surface area contributed by atoms with E-state index >= 15 is 0 Å². The van der Waals surface area contributed by atoms with Crippen molar-refractivity contribution in [3.8, 4) is 6.07 Å². The lowest BCUT2D eigenvalue weighted by molar-refractivity contribution is -0.918. The molecule has 0 radical (unpaired) electrons. The first-order valence-electron chi connectivity index (χ1n) is 8.20. The van der Waals surface area contributed by atoms with Gasteiger partial charge in [-0.25, -0.2) is 0 Å². The van der Waals surface area contributed by atoms with Crippen LogP contribution in [0.1, 0.15) is 25.3 Å². The van der Waals surface area contributed by atoms with Crippen LogP contribution in [-0.4, -0.2) is 37.9 Å². The summed E-state index contributed by atoms with van der Waals surface area (Å²) in [6.45, 7) is 5.18. The Morgan fingerprint density at radius 3 is 2.74 bits per heavy atom. The van der Waals surface area contributed by atoms with Crippen molar-refractivity contribution in [1.29, 1.82) is 5.26 Å². The minimum Gasteiger partial charge on any atom is -0.465 e. The van der Waals surface area contributed by atoms with E-state index in [0.29, 0.717) is 0 Å². The Bertz CT molecular complexity index is 557. The molecule has 0 unspecified atom stereocenters. The number of esters is 1. The molecule has 1 aromatic rings. The van der Waals surface area contributed by atoms with E-state index in [1.807, 2.05) is 12.1 Å². The summed E-state index contributed by atoms with van der Waals surface area (Å²) in [5, 5.41) is 9.01. The van der Waals surface area contributed by atoms with E-state index in [2.05, 4.69) is 29.3 Å². The fourth-order valence-electron chi connectivity index (χ4n) is 2.81. The predicted molar refractivity (Wildman–Crippen MR) is 88.1 cm³/mol. The fourth-order valence-corrected chi connectivity index (χ4v) is 2.81. The van der Waals surface area contributed by atoms with Crippen molar-refractivity contribution in [2.24, 2.45) is 10.9 Å². The summed E-state index contributed by atoms with van der Waals surface area (Å²) in [7, 11) is 0. The molecule has 1 N–H and O–H groups in total. The highest BCUT2D eigenvalue weighted by Gasteiger charge is 2.23. The molecule has 1 heterocycles. The molecule has 1 aliphatic heterocycles. The molecule has 122 valence electrons. The van der Waals surface area contributed by atoms with Crippen molar-refractivity contribution in [2.75, 3.05) is 19.7 Å². The first kappa shape index (κ1) is 17.2. The lowest BCUT2D eigenvalue weighted by atomic mass is 10.0. The summed E-state index contributed by atoms with van der Waals surface area (Å²) in [6, 6.07) is 12.7. The average molecular weight is 314 g/mol. The fraction of sp³-hybridized carbons (Fsp3) is 0.500. The molecule has 1 aromatic carbocycles. The van der Waals surface area contributed by atoms with E-state index in [4.69, 9.17) is 10.00 Å². The SMILES string of the molecule is CCOC(=O)[C@@H](C#N)C=NC1CC[NH+](Cc2ccccc2)CC1. The van der Waals surface area contributed by atoms with Crippen LogP contribution >= 0.6 is 0 Å². The van der Waals surface area contributed by atoms with E-state index in [1.165, 1.54) is 11.8 Å². The molecule has 1 fully saturated rings. The molecule has 23 heavy (non-hydrogen) atoms. The van der Waals surface area contributed by atoms with Crippen LogP contribution in [0.5, 0.6) is 0 Å². The van der Waals surface area contributed by atoms with Crippen molar-refractivity contribution in [2.45, 2.75) is 32.4 Å². The highest BCUT2D eigenvalue weighted by molar-refractivity contribution is 5.92. The van der Waals surface area contributed by atoms with Gasteiger partial charge in [0.1, 0.15) is 6.54 Å². The van der Waals surface area contributed by atoms with Gasteiger partial charge in [0.2, 0.25) is 0 Å². The van der Waals surface area contributed by atoms with Gasteiger partial charge in [-0.1, -0.05) is 30.3 Å². The molecule has 0 aromatic heterocycles. The summed E-state index contributed by atoms with van der Waals surface area (Å²) in [5.74, 6) is -1.39. The van der Waals surface area contributed by atoms with Crippen LogP contribution in [0.2, 0.25) is 0 Å². The summed E-state index contributed by atoms with van der Waals surface area (Å²) in [4.78, 5) is 17.6. The molecule has 0 aliphatic carbocycles. The van der Waals surface area contributed by atoms with Gasteiger partial charge in [-0.15, -0.1) is 0 Å². The molecule has 1 saturated heterocycles. The van der Waals surface area contributed by atoms with Gasteiger partial charge >= 0.3 is 5.97 Å². The van der Waals surface area contributed by atoms with Crippen molar-refractivity contribution in [3.63, 3.8) is 0 Å². The number of quaternary nitrogens is 1. The van der Waals surface area contributed by atoms with Gasteiger partial charge in [0.15, 0.2) is 5.92 Å². The maximum absolute atomic E-state index is 11.6. The molecule has 1 aliphatic rings. The number of nitrogens with zero attached hydrogens (tertiary/aromatic N) is 2. The number of carbonyl (C=O) groups excluding carboxylic acids is 1. The number of rotatable bonds is 6. The normalized spacial score (nSPS) is 22.4. The first-order valence-corrected chi connectivity index (χ1v) is 8.20. The van der Waals surface area contributed by atoms with Gasteiger partial charge in [0.05, 0.1) is 31.8 Å². The highest BCUT2D eigenvalue weighted by Crippen LogP contribution is 2.07. The Kier molecular flexibility index (Phi) is 6.76. The smallest absolute Gasteiger partial charge is 0.328 e. The molecule has 2 rings (SSSR count). The van der Waals surface area contributed by atoms with Crippen LogP contribution in [0.4, 0.5) is 0 Å². The maximum atomic E-state index is 11.6. The van der Waals surface area contributed by atoms with Gasteiger partial charge in [-0.05, 0) is 6.92 Å². The maximum Gasteiger partial charge on any atom is 0.328 e. The van der Waals surface area contributed by atoms with Gasteiger partial charge in [0.25, 0.3) is 0 Å². The number of nitriles is 1. The minimum absolute atomic E-state index is 0.208. The van der Waals surface area contributed by atoms with Gasteiger partial charge in [-0.3, -0.25) is 9.79 Å². The Morgan fingerprint density at radius 2 is 2.13 bits per heavy atom. The summed E-state index contributed by atoms with van der Waals surface area (Å²) >= 11 is 0. The molecular formula is C18H24N3O2+. The quantitative estimate of drug-likeness (QED) is 0.629. The van der Waals surface area contributed by atoms with Crippen LogP contribution in [0.3, 0.4) is 0 Å². The largest absolute Gasteiger partial charge is 0.465 e. The van der Waals surface area contributed by atoms with Crippen molar-refractivity contribution >= 4 is 12.2 Å². The lowest BCUT2D eigenvalue weighted by Crippen LogP contribution is -3.12. The second kappa shape index (κ2) is 9.06. The number of piperidine rings is 1. The van der Waals surface area contributed by atoms with Gasteiger partial charge in [-0.2, -0.15) is 5.26 Å². The van der Waals surface area contributed by atoms with Crippen LogP contribution < -0.4 is 4.90 Å². The van der Waals surface area contributed by atoms with Gasteiger partial charge in [0, 0.05) is 24.6 Å². The zero-order valence-electron chi connectivity index (χ0n) is 13.6. The number of likely N-dealkylation sites (tertiary alicyclic amines) is 1. The molecule has 0 saturated carbocycles. The third-order valence-corrected chi connectivity index (χ3v) is 4.08. The van der Waals surface area contributed by atoms with E-state index in [9.17, 15) is 4.79 Å². The number of hydrogen-bond acceptors (Lipinski definition) is 4. The molecule has 0 amide bonds.